The molecule has 0 heterocycles. The van der Waals surface area contributed by atoms with Crippen LogP contribution in [0.3, 0.4) is 0 Å². The zero-order valence-corrected chi connectivity index (χ0v) is 7.81. The molecule has 1 rings (SSSR count). The molecule has 1 aromatic rings. The van der Waals surface area contributed by atoms with Gasteiger partial charge in [0, 0.05) is 6.07 Å². The molecule has 0 saturated carbocycles. The molecule has 15 heavy (non-hydrogen) atoms. The third-order valence-electron chi connectivity index (χ3n) is 1.84. The van der Waals surface area contributed by atoms with E-state index in [1.54, 1.807) is 0 Å². The minimum Gasteiger partial charge on any atom is -0.497 e. The Balaban J connectivity index is 3.09. The third kappa shape index (κ3) is 2.82. The number of halogens is 4. The molecule has 2 N–H and O–H groups in total. The van der Waals surface area contributed by atoms with Crippen molar-refractivity contribution in [2.24, 2.45) is 5.73 Å². The number of alkyl halides is 3. The van der Waals surface area contributed by atoms with E-state index < -0.39 is 18.0 Å². The molecule has 0 aliphatic heterocycles. The molecule has 6 heteroatoms. The number of ether oxygens (including phenoxy) is 1. The second-order valence-corrected chi connectivity index (χ2v) is 2.94. The Bertz CT molecular complexity index is 350. The summed E-state index contributed by atoms with van der Waals surface area (Å²) in [6.07, 6.45) is -4.60. The molecule has 84 valence electrons. The second-order valence-electron chi connectivity index (χ2n) is 2.94. The van der Waals surface area contributed by atoms with Gasteiger partial charge in [-0.05, 0) is 17.7 Å². The third-order valence-corrected chi connectivity index (χ3v) is 1.84. The van der Waals surface area contributed by atoms with Crippen LogP contribution in [0.2, 0.25) is 0 Å². The topological polar surface area (TPSA) is 35.2 Å². The van der Waals surface area contributed by atoms with Crippen molar-refractivity contribution in [3.63, 3.8) is 0 Å². The maximum absolute atomic E-state index is 12.9. The maximum atomic E-state index is 12.9. The summed E-state index contributed by atoms with van der Waals surface area (Å²) >= 11 is 0. The fourth-order valence-corrected chi connectivity index (χ4v) is 1.07. The summed E-state index contributed by atoms with van der Waals surface area (Å²) in [5.41, 5.74) is 4.56. The molecule has 0 radical (unpaired) electrons. The summed E-state index contributed by atoms with van der Waals surface area (Å²) < 4.78 is 54.1. The van der Waals surface area contributed by atoms with E-state index >= 15 is 0 Å². The summed E-state index contributed by atoms with van der Waals surface area (Å²) in [5.74, 6) is -0.811. The van der Waals surface area contributed by atoms with Crippen LogP contribution in [0.25, 0.3) is 0 Å². The maximum Gasteiger partial charge on any atom is 0.407 e. The predicted molar refractivity (Wildman–Crippen MR) is 45.9 cm³/mol. The molecule has 0 bridgehead atoms. The van der Waals surface area contributed by atoms with Crippen molar-refractivity contribution in [2.75, 3.05) is 7.11 Å². The van der Waals surface area contributed by atoms with E-state index in [4.69, 9.17) is 5.73 Å². The first-order valence-corrected chi connectivity index (χ1v) is 4.01. The molecule has 1 aromatic carbocycles. The summed E-state index contributed by atoms with van der Waals surface area (Å²) in [5, 5.41) is 0. The lowest BCUT2D eigenvalue weighted by Gasteiger charge is -2.16. The van der Waals surface area contributed by atoms with Gasteiger partial charge >= 0.3 is 6.18 Å². The van der Waals surface area contributed by atoms with Crippen molar-refractivity contribution in [3.05, 3.63) is 29.6 Å². The van der Waals surface area contributed by atoms with Gasteiger partial charge in [0.25, 0.3) is 0 Å². The van der Waals surface area contributed by atoms with E-state index in [1.807, 2.05) is 0 Å². The average molecular weight is 223 g/mol. The van der Waals surface area contributed by atoms with Crippen LogP contribution in [0, 0.1) is 5.82 Å². The molecule has 1 atom stereocenters. The van der Waals surface area contributed by atoms with Crippen LogP contribution >= 0.6 is 0 Å². The van der Waals surface area contributed by atoms with Crippen LogP contribution in [0.1, 0.15) is 11.6 Å². The van der Waals surface area contributed by atoms with Crippen LogP contribution in [-0.2, 0) is 0 Å². The average Bonchev–Trinajstić information content (AvgIpc) is 2.14. The van der Waals surface area contributed by atoms with Gasteiger partial charge in [-0.2, -0.15) is 13.2 Å². The van der Waals surface area contributed by atoms with Crippen LogP contribution in [0.15, 0.2) is 18.2 Å². The number of methoxy groups -OCH3 is 1. The molecule has 0 fully saturated rings. The largest absolute Gasteiger partial charge is 0.497 e. The highest BCUT2D eigenvalue weighted by Gasteiger charge is 2.38. The van der Waals surface area contributed by atoms with Crippen LogP contribution < -0.4 is 10.5 Å². The fraction of sp³-hybridized carbons (Fsp3) is 0.333. The number of hydrogen-bond donors (Lipinski definition) is 1. The summed E-state index contributed by atoms with van der Waals surface area (Å²) in [6.45, 7) is 0. The number of benzene rings is 1. The first kappa shape index (κ1) is 11.8. The van der Waals surface area contributed by atoms with E-state index in [-0.39, 0.29) is 11.3 Å². The van der Waals surface area contributed by atoms with Crippen molar-refractivity contribution in [1.29, 1.82) is 0 Å². The molecule has 0 unspecified atom stereocenters. The van der Waals surface area contributed by atoms with Gasteiger partial charge in [0.05, 0.1) is 7.11 Å². The molecule has 0 spiro atoms. The minimum atomic E-state index is -4.60. The Morgan fingerprint density at radius 3 is 2.33 bits per heavy atom. The second kappa shape index (κ2) is 4.06. The monoisotopic (exact) mass is 223 g/mol. The van der Waals surface area contributed by atoms with Gasteiger partial charge < -0.3 is 10.5 Å². The normalized spacial score (nSPS) is 13.7. The van der Waals surface area contributed by atoms with Gasteiger partial charge in [0.1, 0.15) is 17.6 Å². The lowest BCUT2D eigenvalue weighted by Crippen LogP contribution is -2.28. The Kier molecular flexibility index (Phi) is 3.18. The quantitative estimate of drug-likeness (QED) is 0.781. The zero-order chi connectivity index (χ0) is 11.6. The zero-order valence-electron chi connectivity index (χ0n) is 7.81. The smallest absolute Gasteiger partial charge is 0.407 e. The lowest BCUT2D eigenvalue weighted by molar-refractivity contribution is -0.149. The Morgan fingerprint density at radius 2 is 1.87 bits per heavy atom. The molecular formula is C9H9F4NO. The molecule has 0 aliphatic carbocycles. The first-order chi connectivity index (χ1) is 6.84. The van der Waals surface area contributed by atoms with Crippen molar-refractivity contribution in [3.8, 4) is 5.75 Å². The van der Waals surface area contributed by atoms with Crippen molar-refractivity contribution in [2.45, 2.75) is 12.2 Å². The van der Waals surface area contributed by atoms with E-state index in [0.29, 0.717) is 0 Å². The van der Waals surface area contributed by atoms with E-state index in [2.05, 4.69) is 4.74 Å². The lowest BCUT2D eigenvalue weighted by atomic mass is 10.1. The van der Waals surface area contributed by atoms with Crippen LogP contribution in [0.4, 0.5) is 17.6 Å². The van der Waals surface area contributed by atoms with Gasteiger partial charge in [0.15, 0.2) is 0 Å². The fourth-order valence-electron chi connectivity index (χ4n) is 1.07. The first-order valence-electron chi connectivity index (χ1n) is 4.01. The van der Waals surface area contributed by atoms with E-state index in [9.17, 15) is 17.6 Å². The Labute approximate surface area is 83.6 Å². The summed E-state index contributed by atoms with van der Waals surface area (Å²) in [6, 6.07) is 0.566. The Morgan fingerprint density at radius 1 is 1.27 bits per heavy atom. The number of rotatable bonds is 2. The highest BCUT2D eigenvalue weighted by Crippen LogP contribution is 2.32. The standard InChI is InChI=1S/C9H9F4NO/c1-15-7-3-5(2-6(10)4-7)8(14)9(11,12)13/h2-4,8H,14H2,1H3/t8-/m0/s1. The van der Waals surface area contributed by atoms with Crippen molar-refractivity contribution < 1.29 is 22.3 Å². The van der Waals surface area contributed by atoms with Crippen LogP contribution in [0.5, 0.6) is 5.75 Å². The summed E-state index contributed by atoms with van der Waals surface area (Å²) in [7, 11) is 1.23. The molecule has 2 nitrogen and oxygen atoms in total. The van der Waals surface area contributed by atoms with Crippen LogP contribution in [-0.4, -0.2) is 13.3 Å². The molecule has 0 saturated heterocycles. The van der Waals surface area contributed by atoms with Gasteiger partial charge in [-0.25, -0.2) is 4.39 Å². The van der Waals surface area contributed by atoms with E-state index in [0.717, 1.165) is 18.2 Å². The van der Waals surface area contributed by atoms with Crippen molar-refractivity contribution >= 4 is 0 Å². The van der Waals surface area contributed by atoms with Gasteiger partial charge in [-0.15, -0.1) is 0 Å². The molecular weight excluding hydrogens is 214 g/mol. The van der Waals surface area contributed by atoms with Gasteiger partial charge in [0.2, 0.25) is 0 Å². The van der Waals surface area contributed by atoms with Gasteiger partial charge in [-0.1, -0.05) is 0 Å². The van der Waals surface area contributed by atoms with E-state index in [1.165, 1.54) is 7.11 Å². The SMILES string of the molecule is COc1cc(F)cc([C@H](N)C(F)(F)F)c1. The minimum absolute atomic E-state index is 0.00435. The number of hydrogen-bond acceptors (Lipinski definition) is 2. The predicted octanol–water partition coefficient (Wildman–Crippen LogP) is 2.40. The van der Waals surface area contributed by atoms with Crippen molar-refractivity contribution in [1.82, 2.24) is 0 Å². The van der Waals surface area contributed by atoms with Gasteiger partial charge in [-0.3, -0.25) is 0 Å². The molecule has 0 amide bonds. The highest BCUT2D eigenvalue weighted by molar-refractivity contribution is 5.32. The Hall–Kier alpha value is -1.30. The highest BCUT2D eigenvalue weighted by atomic mass is 19.4. The number of nitrogens with two attached hydrogens (primary N) is 1. The molecule has 0 aromatic heterocycles. The molecule has 0 aliphatic rings. The summed E-state index contributed by atoms with van der Waals surface area (Å²) in [4.78, 5) is 0.